The Hall–Kier alpha value is -0.530. The second-order valence-corrected chi connectivity index (χ2v) is 2.84. The first-order chi connectivity index (χ1) is 7.31. The van der Waals surface area contributed by atoms with Crippen LogP contribution in [0.5, 0.6) is 0 Å². The van der Waals surface area contributed by atoms with Crippen molar-refractivity contribution in [1.82, 2.24) is 5.32 Å². The van der Waals surface area contributed by atoms with E-state index in [-0.39, 0.29) is 5.91 Å². The molecule has 2 heteroatoms. The molecule has 0 radical (unpaired) electrons. The lowest BCUT2D eigenvalue weighted by molar-refractivity contribution is -0.120. The zero-order valence-corrected chi connectivity index (χ0v) is 11.7. The Balaban J connectivity index is -0.000000318. The van der Waals surface area contributed by atoms with E-state index in [0.717, 1.165) is 6.42 Å². The molecule has 0 fully saturated rings. The minimum Gasteiger partial charge on any atom is -0.359 e. The van der Waals surface area contributed by atoms with Gasteiger partial charge in [0.1, 0.15) is 0 Å². The fourth-order valence-corrected chi connectivity index (χ4v) is 1.01. The highest BCUT2D eigenvalue weighted by atomic mass is 16.1. The monoisotopic (exact) mass is 217 g/mol. The molecule has 2 nitrogen and oxygen atoms in total. The second-order valence-electron chi connectivity index (χ2n) is 2.84. The van der Waals surface area contributed by atoms with Crippen molar-refractivity contribution < 1.29 is 4.79 Å². The maximum absolute atomic E-state index is 10.7. The molecule has 0 spiro atoms. The van der Waals surface area contributed by atoms with Crippen molar-refractivity contribution in [2.24, 2.45) is 0 Å². The third-order valence-corrected chi connectivity index (χ3v) is 1.79. The Morgan fingerprint density at radius 1 is 0.933 bits per heavy atom. The van der Waals surface area contributed by atoms with Crippen LogP contribution in [0, 0.1) is 0 Å². The quantitative estimate of drug-likeness (QED) is 0.665. The Labute approximate surface area is 96.8 Å². The third-order valence-electron chi connectivity index (χ3n) is 1.79. The molecular weight excluding hydrogens is 186 g/mol. The highest BCUT2D eigenvalue weighted by Crippen LogP contribution is 2.04. The molecule has 0 aliphatic heterocycles. The fraction of sp³-hybridized carbons (Fsp3) is 0.923. The van der Waals surface area contributed by atoms with Crippen LogP contribution in [0.1, 0.15) is 73.1 Å². The lowest BCUT2D eigenvalue weighted by Crippen LogP contribution is -2.16. The number of amides is 1. The van der Waals surface area contributed by atoms with Gasteiger partial charge in [0.2, 0.25) is 5.91 Å². The number of hydrogen-bond acceptors (Lipinski definition) is 1. The molecule has 0 saturated heterocycles. The average Bonchev–Trinajstić information content (AvgIpc) is 2.33. The Morgan fingerprint density at radius 3 is 1.80 bits per heavy atom. The standard InChI is InChI=1S/C9H19NO.2C2H6/c1-3-4-5-6-7-8-9(11)10-2;2*1-2/h3-8H2,1-2H3,(H,10,11);2*1-2H3. The van der Waals surface area contributed by atoms with Crippen LogP contribution < -0.4 is 5.32 Å². The van der Waals surface area contributed by atoms with Crippen LogP contribution in [0.4, 0.5) is 0 Å². The van der Waals surface area contributed by atoms with E-state index < -0.39 is 0 Å². The number of carbonyl (C=O) groups is 1. The Morgan fingerprint density at radius 2 is 1.40 bits per heavy atom. The normalized spacial score (nSPS) is 7.87. The average molecular weight is 217 g/mol. The topological polar surface area (TPSA) is 29.1 Å². The van der Waals surface area contributed by atoms with Crippen molar-refractivity contribution in [3.8, 4) is 0 Å². The molecule has 1 N–H and O–H groups in total. The summed E-state index contributed by atoms with van der Waals surface area (Å²) in [5.41, 5.74) is 0. The van der Waals surface area contributed by atoms with Crippen molar-refractivity contribution in [2.45, 2.75) is 73.1 Å². The van der Waals surface area contributed by atoms with Gasteiger partial charge in [0, 0.05) is 13.5 Å². The molecule has 0 atom stereocenters. The Kier molecular flexibility index (Phi) is 31.1. The molecule has 0 bridgehead atoms. The van der Waals surface area contributed by atoms with E-state index in [0.29, 0.717) is 6.42 Å². The smallest absolute Gasteiger partial charge is 0.219 e. The lowest BCUT2D eigenvalue weighted by Gasteiger charge is -1.98. The van der Waals surface area contributed by atoms with E-state index in [1.165, 1.54) is 25.7 Å². The fourth-order valence-electron chi connectivity index (χ4n) is 1.01. The van der Waals surface area contributed by atoms with E-state index in [2.05, 4.69) is 12.2 Å². The summed E-state index contributed by atoms with van der Waals surface area (Å²) in [5, 5.41) is 2.62. The highest BCUT2D eigenvalue weighted by molar-refractivity contribution is 5.75. The van der Waals surface area contributed by atoms with Crippen LogP contribution in [-0.2, 0) is 4.79 Å². The molecule has 0 rings (SSSR count). The van der Waals surface area contributed by atoms with Crippen molar-refractivity contribution in [3.63, 3.8) is 0 Å². The van der Waals surface area contributed by atoms with E-state index in [4.69, 9.17) is 0 Å². The van der Waals surface area contributed by atoms with Gasteiger partial charge in [0.05, 0.1) is 0 Å². The molecule has 0 aromatic heterocycles. The first-order valence-corrected chi connectivity index (χ1v) is 6.51. The number of nitrogens with one attached hydrogen (secondary N) is 1. The largest absolute Gasteiger partial charge is 0.359 e. The van der Waals surface area contributed by atoms with Crippen LogP contribution >= 0.6 is 0 Å². The van der Waals surface area contributed by atoms with Crippen LogP contribution in [0.25, 0.3) is 0 Å². The van der Waals surface area contributed by atoms with Crippen molar-refractivity contribution in [3.05, 3.63) is 0 Å². The van der Waals surface area contributed by atoms with Crippen molar-refractivity contribution in [2.75, 3.05) is 7.05 Å². The van der Waals surface area contributed by atoms with Gasteiger partial charge in [-0.05, 0) is 6.42 Å². The van der Waals surface area contributed by atoms with E-state index in [1.807, 2.05) is 27.7 Å². The van der Waals surface area contributed by atoms with Gasteiger partial charge in [-0.1, -0.05) is 60.3 Å². The third kappa shape index (κ3) is 24.7. The minimum atomic E-state index is 0.168. The zero-order chi connectivity index (χ0) is 12.5. The van der Waals surface area contributed by atoms with Gasteiger partial charge in [-0.25, -0.2) is 0 Å². The molecule has 15 heavy (non-hydrogen) atoms. The van der Waals surface area contributed by atoms with Gasteiger partial charge >= 0.3 is 0 Å². The molecule has 0 aliphatic rings. The zero-order valence-electron chi connectivity index (χ0n) is 11.7. The van der Waals surface area contributed by atoms with Gasteiger partial charge in [0.15, 0.2) is 0 Å². The summed E-state index contributed by atoms with van der Waals surface area (Å²) in [5.74, 6) is 0.168. The van der Waals surface area contributed by atoms with Crippen molar-refractivity contribution in [1.29, 1.82) is 0 Å². The van der Waals surface area contributed by atoms with E-state index >= 15 is 0 Å². The summed E-state index contributed by atoms with van der Waals surface area (Å²) in [7, 11) is 1.69. The molecule has 0 aromatic rings. The predicted octanol–water partition coefficient (Wildman–Crippen LogP) is 4.15. The second kappa shape index (κ2) is 23.4. The lowest BCUT2D eigenvalue weighted by atomic mass is 10.1. The molecule has 0 aliphatic carbocycles. The van der Waals surface area contributed by atoms with E-state index in [1.54, 1.807) is 7.05 Å². The highest BCUT2D eigenvalue weighted by Gasteiger charge is 1.95. The first kappa shape index (κ1) is 20.0. The summed E-state index contributed by atoms with van der Waals surface area (Å²) >= 11 is 0. The van der Waals surface area contributed by atoms with Gasteiger partial charge < -0.3 is 5.32 Å². The number of hydrogen-bond donors (Lipinski definition) is 1. The van der Waals surface area contributed by atoms with Crippen LogP contribution in [0.3, 0.4) is 0 Å². The number of unbranched alkanes of at least 4 members (excludes halogenated alkanes) is 4. The summed E-state index contributed by atoms with van der Waals surface area (Å²) in [4.78, 5) is 10.7. The van der Waals surface area contributed by atoms with Gasteiger partial charge in [-0.3, -0.25) is 4.79 Å². The molecular formula is C13H31NO. The molecule has 0 aromatic carbocycles. The summed E-state index contributed by atoms with van der Waals surface area (Å²) in [6.07, 6.45) is 6.77. The first-order valence-electron chi connectivity index (χ1n) is 6.51. The van der Waals surface area contributed by atoms with Gasteiger partial charge in [-0.15, -0.1) is 0 Å². The number of rotatable bonds is 6. The van der Waals surface area contributed by atoms with Gasteiger partial charge in [-0.2, -0.15) is 0 Å². The van der Waals surface area contributed by atoms with Crippen LogP contribution in [0.15, 0.2) is 0 Å². The summed E-state index contributed by atoms with van der Waals surface area (Å²) in [6, 6.07) is 0. The summed E-state index contributed by atoms with van der Waals surface area (Å²) in [6.45, 7) is 10.2. The molecule has 94 valence electrons. The predicted molar refractivity (Wildman–Crippen MR) is 70.1 cm³/mol. The van der Waals surface area contributed by atoms with Crippen LogP contribution in [-0.4, -0.2) is 13.0 Å². The van der Waals surface area contributed by atoms with E-state index in [9.17, 15) is 4.79 Å². The maximum Gasteiger partial charge on any atom is 0.219 e. The molecule has 0 unspecified atom stereocenters. The molecule has 1 amide bonds. The molecule has 0 saturated carbocycles. The van der Waals surface area contributed by atoms with Crippen molar-refractivity contribution >= 4 is 5.91 Å². The summed E-state index contributed by atoms with van der Waals surface area (Å²) < 4.78 is 0. The van der Waals surface area contributed by atoms with Crippen LogP contribution in [0.2, 0.25) is 0 Å². The maximum atomic E-state index is 10.7. The SMILES string of the molecule is CC.CC.CCCCCCCC(=O)NC. The Bertz CT molecular complexity index is 103. The minimum absolute atomic E-state index is 0.168. The van der Waals surface area contributed by atoms with Gasteiger partial charge in [0.25, 0.3) is 0 Å². The number of carbonyl (C=O) groups excluding carboxylic acids is 1. The molecule has 0 heterocycles.